The molecule has 0 spiro atoms. The van der Waals surface area contributed by atoms with Crippen LogP contribution >= 0.6 is 12.2 Å². The minimum atomic E-state index is 0.763. The van der Waals surface area contributed by atoms with Crippen LogP contribution in [0.25, 0.3) is 0 Å². The molecule has 0 atom stereocenters. The van der Waals surface area contributed by atoms with Gasteiger partial charge in [0.1, 0.15) is 0 Å². The summed E-state index contributed by atoms with van der Waals surface area (Å²) in [5, 5.41) is 0. The Hall–Kier alpha value is -1.15. The molecule has 0 bridgehead atoms. The first-order valence-electron chi connectivity index (χ1n) is 4.19. The zero-order chi connectivity index (χ0) is 9.68. The van der Waals surface area contributed by atoms with Crippen molar-refractivity contribution in [1.29, 1.82) is 0 Å². The summed E-state index contributed by atoms with van der Waals surface area (Å²) in [5.41, 5.74) is 1.12. The van der Waals surface area contributed by atoms with Gasteiger partial charge in [0, 0.05) is 12.2 Å². The molecule has 1 nitrogen and oxygen atoms in total. The van der Waals surface area contributed by atoms with Crippen LogP contribution in [0.3, 0.4) is 0 Å². The number of para-hydroxylation sites is 1. The van der Waals surface area contributed by atoms with Crippen molar-refractivity contribution in [1.82, 2.24) is 0 Å². The van der Waals surface area contributed by atoms with E-state index >= 15 is 0 Å². The van der Waals surface area contributed by atoms with Crippen molar-refractivity contribution in [3.8, 4) is 0 Å². The molecule has 1 aromatic rings. The van der Waals surface area contributed by atoms with E-state index in [0.717, 1.165) is 17.2 Å². The Bertz CT molecular complexity index is 292. The molecule has 1 rings (SSSR count). The van der Waals surface area contributed by atoms with Gasteiger partial charge in [0.2, 0.25) is 0 Å². The third kappa shape index (κ3) is 2.67. The molecule has 0 fully saturated rings. The van der Waals surface area contributed by atoms with Crippen molar-refractivity contribution >= 4 is 22.9 Å². The van der Waals surface area contributed by atoms with E-state index in [9.17, 15) is 0 Å². The summed E-state index contributed by atoms with van der Waals surface area (Å²) in [7, 11) is 0. The molecular weight excluding hydrogens is 178 g/mol. The highest BCUT2D eigenvalue weighted by atomic mass is 32.1. The molecule has 13 heavy (non-hydrogen) atoms. The Balaban J connectivity index is 2.88. The summed E-state index contributed by atoms with van der Waals surface area (Å²) in [6, 6.07) is 10.1. The van der Waals surface area contributed by atoms with Crippen molar-refractivity contribution in [2.75, 3.05) is 11.4 Å². The number of thiocarbonyl (C=S) groups is 1. The zero-order valence-corrected chi connectivity index (χ0v) is 8.55. The molecule has 0 heterocycles. The fraction of sp³-hybridized carbons (Fsp3) is 0.182. The summed E-state index contributed by atoms with van der Waals surface area (Å²) in [4.78, 5) is 2.91. The largest absolute Gasteiger partial charge is 0.332 e. The number of nitrogens with zero attached hydrogens (tertiary/aromatic N) is 1. The van der Waals surface area contributed by atoms with E-state index in [1.54, 1.807) is 0 Å². The molecule has 0 aliphatic rings. The van der Waals surface area contributed by atoms with E-state index in [-0.39, 0.29) is 0 Å². The molecule has 0 saturated carbocycles. The van der Waals surface area contributed by atoms with Gasteiger partial charge < -0.3 is 4.90 Å². The predicted octanol–water partition coefficient (Wildman–Crippen LogP) is 3.03. The van der Waals surface area contributed by atoms with Gasteiger partial charge in [0.25, 0.3) is 0 Å². The second-order valence-electron chi connectivity index (χ2n) is 2.75. The number of hydrogen-bond donors (Lipinski definition) is 0. The molecule has 0 aliphatic heterocycles. The third-order valence-corrected chi connectivity index (χ3v) is 1.98. The van der Waals surface area contributed by atoms with Crippen LogP contribution in [0.4, 0.5) is 5.69 Å². The average molecular weight is 191 g/mol. The Kier molecular flexibility index (Phi) is 3.65. The molecule has 0 unspecified atom stereocenters. The molecule has 0 aliphatic carbocycles. The quantitative estimate of drug-likeness (QED) is 0.533. The predicted molar refractivity (Wildman–Crippen MR) is 62.3 cm³/mol. The summed E-state index contributed by atoms with van der Waals surface area (Å²) in [6.07, 6.45) is 1.85. The van der Waals surface area contributed by atoms with Gasteiger partial charge in [-0.2, -0.15) is 0 Å². The molecule has 1 aromatic carbocycles. The van der Waals surface area contributed by atoms with Crippen LogP contribution in [-0.2, 0) is 0 Å². The molecule has 0 amide bonds. The van der Waals surface area contributed by atoms with Gasteiger partial charge >= 0.3 is 0 Å². The Labute approximate surface area is 84.7 Å². The van der Waals surface area contributed by atoms with Gasteiger partial charge in [0.05, 0.1) is 4.99 Å². The first kappa shape index (κ1) is 9.93. The maximum atomic E-state index is 5.14. The maximum Gasteiger partial charge on any atom is 0.0795 e. The van der Waals surface area contributed by atoms with Gasteiger partial charge in [-0.15, -0.1) is 6.58 Å². The molecular formula is C11H13NS. The minimum absolute atomic E-state index is 0.763. The van der Waals surface area contributed by atoms with Gasteiger partial charge in [-0.1, -0.05) is 36.5 Å². The lowest BCUT2D eigenvalue weighted by Crippen LogP contribution is -2.26. The van der Waals surface area contributed by atoms with E-state index in [1.807, 2.05) is 48.2 Å². The van der Waals surface area contributed by atoms with E-state index in [1.165, 1.54) is 0 Å². The Morgan fingerprint density at radius 3 is 2.54 bits per heavy atom. The maximum absolute atomic E-state index is 5.14. The van der Waals surface area contributed by atoms with Crippen LogP contribution in [0.5, 0.6) is 0 Å². The zero-order valence-electron chi connectivity index (χ0n) is 7.73. The number of benzene rings is 1. The number of anilines is 1. The van der Waals surface area contributed by atoms with E-state index in [2.05, 4.69) is 6.58 Å². The van der Waals surface area contributed by atoms with Gasteiger partial charge in [0.15, 0.2) is 0 Å². The highest BCUT2D eigenvalue weighted by molar-refractivity contribution is 7.80. The Morgan fingerprint density at radius 2 is 2.08 bits per heavy atom. The van der Waals surface area contributed by atoms with Crippen LogP contribution in [0.2, 0.25) is 0 Å². The standard InChI is InChI=1S/C11H13NS/c1-3-9-12(10(2)13)11-7-5-4-6-8-11/h3-8H,1,9H2,2H3. The monoisotopic (exact) mass is 191 g/mol. The van der Waals surface area contributed by atoms with E-state index < -0.39 is 0 Å². The second kappa shape index (κ2) is 4.77. The van der Waals surface area contributed by atoms with E-state index in [0.29, 0.717) is 0 Å². The van der Waals surface area contributed by atoms with Crippen LogP contribution in [0.1, 0.15) is 6.92 Å². The highest BCUT2D eigenvalue weighted by Crippen LogP contribution is 2.13. The lowest BCUT2D eigenvalue weighted by Gasteiger charge is -2.21. The normalized spacial score (nSPS) is 9.31. The van der Waals surface area contributed by atoms with Gasteiger partial charge in [-0.05, 0) is 19.1 Å². The van der Waals surface area contributed by atoms with Crippen molar-refractivity contribution in [3.63, 3.8) is 0 Å². The van der Waals surface area contributed by atoms with Crippen molar-refractivity contribution in [2.45, 2.75) is 6.92 Å². The molecule has 0 aromatic heterocycles. The lowest BCUT2D eigenvalue weighted by molar-refractivity contribution is 1.15. The van der Waals surface area contributed by atoms with Crippen LogP contribution in [0, 0.1) is 0 Å². The molecule has 0 radical (unpaired) electrons. The smallest absolute Gasteiger partial charge is 0.0795 e. The lowest BCUT2D eigenvalue weighted by atomic mass is 10.3. The SMILES string of the molecule is C=CCN(C(C)=S)c1ccccc1. The third-order valence-electron chi connectivity index (χ3n) is 1.76. The molecule has 2 heteroatoms. The van der Waals surface area contributed by atoms with Crippen molar-refractivity contribution < 1.29 is 0 Å². The van der Waals surface area contributed by atoms with Crippen LogP contribution in [0.15, 0.2) is 43.0 Å². The number of rotatable bonds is 3. The van der Waals surface area contributed by atoms with Gasteiger partial charge in [-0.3, -0.25) is 0 Å². The summed E-state index contributed by atoms with van der Waals surface area (Å²) < 4.78 is 0. The molecule has 0 saturated heterocycles. The van der Waals surface area contributed by atoms with Crippen LogP contribution in [-0.4, -0.2) is 11.5 Å². The first-order valence-corrected chi connectivity index (χ1v) is 4.60. The average Bonchev–Trinajstić information content (AvgIpc) is 2.15. The van der Waals surface area contributed by atoms with E-state index in [4.69, 9.17) is 12.2 Å². The summed E-state index contributed by atoms with van der Waals surface area (Å²) in [6.45, 7) is 6.39. The number of hydrogen-bond acceptors (Lipinski definition) is 1. The highest BCUT2D eigenvalue weighted by Gasteiger charge is 2.04. The second-order valence-corrected chi connectivity index (χ2v) is 3.34. The fourth-order valence-corrected chi connectivity index (χ4v) is 1.33. The topological polar surface area (TPSA) is 3.24 Å². The molecule has 68 valence electrons. The van der Waals surface area contributed by atoms with Crippen molar-refractivity contribution in [3.05, 3.63) is 43.0 Å². The summed E-state index contributed by atoms with van der Waals surface area (Å²) >= 11 is 5.14. The minimum Gasteiger partial charge on any atom is -0.332 e. The Morgan fingerprint density at radius 1 is 1.46 bits per heavy atom. The molecule has 0 N–H and O–H groups in total. The summed E-state index contributed by atoms with van der Waals surface area (Å²) in [5.74, 6) is 0. The van der Waals surface area contributed by atoms with Gasteiger partial charge in [-0.25, -0.2) is 0 Å². The van der Waals surface area contributed by atoms with Crippen LogP contribution < -0.4 is 4.90 Å². The van der Waals surface area contributed by atoms with Crippen molar-refractivity contribution in [2.24, 2.45) is 0 Å². The first-order chi connectivity index (χ1) is 6.25. The fourth-order valence-electron chi connectivity index (χ4n) is 1.15.